The van der Waals surface area contributed by atoms with Gasteiger partial charge in [0, 0.05) is 18.4 Å². The summed E-state index contributed by atoms with van der Waals surface area (Å²) in [7, 11) is -1.93. The molecular weight excluding hydrogens is 562 g/mol. The van der Waals surface area contributed by atoms with Gasteiger partial charge in [-0.2, -0.15) is 0 Å². The predicted octanol–water partition coefficient (Wildman–Crippen LogP) is 7.13. The normalized spacial score (nSPS) is 14.9. The van der Waals surface area contributed by atoms with Crippen molar-refractivity contribution in [2.75, 3.05) is 19.8 Å². The van der Waals surface area contributed by atoms with Crippen LogP contribution in [-0.2, 0) is 41.4 Å². The van der Waals surface area contributed by atoms with Crippen LogP contribution in [-0.4, -0.2) is 58.5 Å². The molecule has 0 aromatic heterocycles. The second kappa shape index (κ2) is 17.5. The van der Waals surface area contributed by atoms with E-state index in [1.165, 1.54) is 0 Å². The molecule has 0 radical (unpaired) electrons. The highest BCUT2D eigenvalue weighted by Gasteiger charge is 2.38. The first-order valence-corrected chi connectivity index (χ1v) is 18.2. The maximum atomic E-state index is 13.2. The molecule has 0 aliphatic heterocycles. The van der Waals surface area contributed by atoms with Crippen LogP contribution in [0.5, 0.6) is 0 Å². The summed E-state index contributed by atoms with van der Waals surface area (Å²) in [4.78, 5) is 25.9. The summed E-state index contributed by atoms with van der Waals surface area (Å²) in [6, 6.07) is 17.9. The van der Waals surface area contributed by atoms with Gasteiger partial charge in [-0.15, -0.1) is 0 Å². The van der Waals surface area contributed by atoms with Crippen molar-refractivity contribution >= 4 is 20.4 Å². The first kappa shape index (κ1) is 36.5. The van der Waals surface area contributed by atoms with Crippen molar-refractivity contribution in [1.29, 1.82) is 0 Å². The van der Waals surface area contributed by atoms with Crippen LogP contribution in [0.4, 0.5) is 4.79 Å². The summed E-state index contributed by atoms with van der Waals surface area (Å²) in [5.74, 6) is -0.619. The second-order valence-electron chi connectivity index (χ2n) is 13.1. The lowest BCUT2D eigenvalue weighted by atomic mass is 9.94. The van der Waals surface area contributed by atoms with E-state index in [4.69, 9.17) is 23.4 Å². The van der Waals surface area contributed by atoms with Crippen LogP contribution < -0.4 is 5.32 Å². The van der Waals surface area contributed by atoms with E-state index in [-0.39, 0.29) is 55.5 Å². The van der Waals surface area contributed by atoms with E-state index < -0.39 is 26.4 Å². The molecule has 4 atom stereocenters. The fourth-order valence-electron chi connectivity index (χ4n) is 4.15. The van der Waals surface area contributed by atoms with Crippen molar-refractivity contribution < 1.29 is 33.0 Å². The lowest BCUT2D eigenvalue weighted by Crippen LogP contribution is -2.46. The molecule has 0 aliphatic carbocycles. The van der Waals surface area contributed by atoms with Crippen LogP contribution in [0.3, 0.4) is 0 Å². The molecule has 2 rings (SSSR count). The molecule has 0 bridgehead atoms. The number of carbonyl (C=O) groups is 2. The Bertz CT molecular complexity index is 1090. The van der Waals surface area contributed by atoms with Gasteiger partial charge in [-0.3, -0.25) is 0 Å². The summed E-state index contributed by atoms with van der Waals surface area (Å²) in [5, 5.41) is 2.73. The molecule has 0 fully saturated rings. The minimum atomic E-state index is -1.93. The Labute approximate surface area is 259 Å². The number of amides is 1. The van der Waals surface area contributed by atoms with E-state index >= 15 is 0 Å². The van der Waals surface area contributed by atoms with Crippen LogP contribution in [0, 0.1) is 11.8 Å². The molecule has 0 saturated heterocycles. The van der Waals surface area contributed by atoms with Crippen molar-refractivity contribution in [3.05, 3.63) is 71.8 Å². The molecule has 0 saturated carbocycles. The predicted molar refractivity (Wildman–Crippen MR) is 172 cm³/mol. The lowest BCUT2D eigenvalue weighted by molar-refractivity contribution is -0.152. The lowest BCUT2D eigenvalue weighted by Gasteiger charge is -2.39. The van der Waals surface area contributed by atoms with Crippen LogP contribution in [0.1, 0.15) is 59.6 Å². The zero-order chi connectivity index (χ0) is 32.0. The molecule has 2 aromatic carbocycles. The fourth-order valence-corrected chi connectivity index (χ4v) is 5.26. The van der Waals surface area contributed by atoms with Gasteiger partial charge in [0.15, 0.2) is 14.4 Å². The maximum absolute atomic E-state index is 13.2. The standard InChI is InChI=1S/C34H53NO7Si/c1-25(2)42-31(27(4)21-41-43(8,9)34(5,6)7)26(3)20-39-32(36)30(24-38-22-28-16-12-10-13-17-28)35-33(37)40-23-29-18-14-11-15-19-29/h10-19,25-27,30-31H,20-24H2,1-9H3,(H,35,37)/t26-,27-,30-,31-/m0/s1. The van der Waals surface area contributed by atoms with Gasteiger partial charge >= 0.3 is 12.1 Å². The highest BCUT2D eigenvalue weighted by atomic mass is 28.4. The second-order valence-corrected chi connectivity index (χ2v) is 17.9. The summed E-state index contributed by atoms with van der Waals surface area (Å²) in [5.41, 5.74) is 1.80. The van der Waals surface area contributed by atoms with Crippen molar-refractivity contribution in [2.45, 2.75) is 98.1 Å². The first-order valence-electron chi connectivity index (χ1n) is 15.2. The third-order valence-electron chi connectivity index (χ3n) is 7.74. The molecule has 9 heteroatoms. The van der Waals surface area contributed by atoms with Crippen LogP contribution in [0.2, 0.25) is 18.1 Å². The van der Waals surface area contributed by atoms with Gasteiger partial charge in [-0.1, -0.05) is 95.3 Å². The summed E-state index contributed by atoms with van der Waals surface area (Å²) < 4.78 is 29.7. The maximum Gasteiger partial charge on any atom is 0.408 e. The SMILES string of the molecule is CC(C)O[C@@H]([C@@H](C)COC(=O)[C@H](COCc1ccccc1)NC(=O)OCc1ccccc1)[C@@H](C)CO[Si](C)(C)C(C)(C)C. The van der Waals surface area contributed by atoms with Crippen LogP contribution >= 0.6 is 0 Å². The van der Waals surface area contributed by atoms with Crippen LogP contribution in [0.15, 0.2) is 60.7 Å². The molecule has 2 aromatic rings. The minimum absolute atomic E-state index is 0.00124. The summed E-state index contributed by atoms with van der Waals surface area (Å²) >= 11 is 0. The third-order valence-corrected chi connectivity index (χ3v) is 12.2. The molecule has 0 unspecified atom stereocenters. The van der Waals surface area contributed by atoms with Crippen molar-refractivity contribution in [1.82, 2.24) is 5.32 Å². The molecule has 0 aliphatic rings. The number of nitrogens with one attached hydrogen (secondary N) is 1. The Morgan fingerprint density at radius 3 is 1.84 bits per heavy atom. The molecule has 1 N–H and O–H groups in total. The van der Waals surface area contributed by atoms with E-state index in [2.05, 4.69) is 46.1 Å². The van der Waals surface area contributed by atoms with Gasteiger partial charge in [0.2, 0.25) is 0 Å². The molecule has 0 heterocycles. The number of carbonyl (C=O) groups excluding carboxylic acids is 2. The van der Waals surface area contributed by atoms with Crippen molar-refractivity contribution in [3.63, 3.8) is 0 Å². The van der Waals surface area contributed by atoms with Crippen LogP contribution in [0.25, 0.3) is 0 Å². The highest BCUT2D eigenvalue weighted by molar-refractivity contribution is 6.74. The van der Waals surface area contributed by atoms with E-state index in [1.807, 2.05) is 81.4 Å². The third kappa shape index (κ3) is 13.2. The topological polar surface area (TPSA) is 92.3 Å². The molecule has 1 amide bonds. The molecule has 240 valence electrons. The van der Waals surface area contributed by atoms with Gasteiger partial charge in [-0.05, 0) is 43.1 Å². The smallest absolute Gasteiger partial charge is 0.408 e. The number of ether oxygens (including phenoxy) is 4. The minimum Gasteiger partial charge on any atom is -0.464 e. The van der Waals surface area contributed by atoms with Crippen molar-refractivity contribution in [2.24, 2.45) is 11.8 Å². The zero-order valence-electron chi connectivity index (χ0n) is 27.6. The number of hydrogen-bond donors (Lipinski definition) is 1. The number of hydrogen-bond acceptors (Lipinski definition) is 7. The number of benzene rings is 2. The van der Waals surface area contributed by atoms with E-state index in [9.17, 15) is 9.59 Å². The first-order chi connectivity index (χ1) is 20.2. The van der Waals surface area contributed by atoms with Gasteiger partial charge in [0.25, 0.3) is 0 Å². The van der Waals surface area contributed by atoms with E-state index in [1.54, 1.807) is 0 Å². The van der Waals surface area contributed by atoms with Crippen molar-refractivity contribution in [3.8, 4) is 0 Å². The molecular formula is C34H53NO7Si. The molecule has 8 nitrogen and oxygen atoms in total. The average molecular weight is 616 g/mol. The Hall–Kier alpha value is -2.72. The van der Waals surface area contributed by atoms with Gasteiger partial charge in [0.05, 0.1) is 32.0 Å². The summed E-state index contributed by atoms with van der Waals surface area (Å²) in [6.07, 6.45) is -0.910. The summed E-state index contributed by atoms with van der Waals surface area (Å²) in [6.45, 7) is 20.3. The monoisotopic (exact) mass is 615 g/mol. The number of alkyl carbamates (subject to hydrolysis) is 1. The number of esters is 1. The Kier molecular flexibility index (Phi) is 14.9. The van der Waals surface area contributed by atoms with E-state index in [0.29, 0.717) is 6.61 Å². The Morgan fingerprint density at radius 2 is 1.30 bits per heavy atom. The molecule has 43 heavy (non-hydrogen) atoms. The zero-order valence-corrected chi connectivity index (χ0v) is 28.6. The van der Waals surface area contributed by atoms with Gasteiger partial charge in [0.1, 0.15) is 6.61 Å². The van der Waals surface area contributed by atoms with Gasteiger partial charge < -0.3 is 28.7 Å². The van der Waals surface area contributed by atoms with E-state index in [0.717, 1.165) is 11.1 Å². The quantitative estimate of drug-likeness (QED) is 0.150. The fraction of sp³-hybridized carbons (Fsp3) is 0.588. The number of rotatable bonds is 17. The average Bonchev–Trinajstić information content (AvgIpc) is 2.96. The van der Waals surface area contributed by atoms with Gasteiger partial charge in [-0.25, -0.2) is 9.59 Å². The molecule has 0 spiro atoms. The Balaban J connectivity index is 2.02. The highest BCUT2D eigenvalue weighted by Crippen LogP contribution is 2.37. The Morgan fingerprint density at radius 1 is 0.767 bits per heavy atom. The largest absolute Gasteiger partial charge is 0.464 e.